The Morgan fingerprint density at radius 2 is 1.68 bits per heavy atom. The van der Waals surface area contributed by atoms with Crippen LogP contribution in [0.25, 0.3) is 10.9 Å². The smallest absolute Gasteiger partial charge is 0.137 e. The number of aromatic nitrogens is 2. The normalized spacial score (nSPS) is 10.9. The number of nitrogens with zero attached hydrogens (tertiary/aromatic N) is 2. The Bertz CT molecular complexity index is 821. The number of anilines is 1. The van der Waals surface area contributed by atoms with E-state index in [0.717, 1.165) is 18.2 Å². The molecule has 0 aliphatic rings. The molecule has 1 heterocycles. The first-order chi connectivity index (χ1) is 10.6. The van der Waals surface area contributed by atoms with Crippen LogP contribution in [0.3, 0.4) is 0 Å². The van der Waals surface area contributed by atoms with Gasteiger partial charge in [-0.3, -0.25) is 0 Å². The monoisotopic (exact) mass is 303 g/mol. The minimum Gasteiger partial charge on any atom is -0.369 e. The van der Waals surface area contributed by atoms with Crippen molar-refractivity contribution in [3.8, 4) is 0 Å². The highest BCUT2D eigenvalue weighted by molar-refractivity contribution is 5.88. The number of nitrogens with one attached hydrogen (secondary N) is 1. The highest BCUT2D eigenvalue weighted by atomic mass is 19.1. The van der Waals surface area contributed by atoms with Crippen LogP contribution in [0.5, 0.6) is 0 Å². The van der Waals surface area contributed by atoms with Crippen LogP contribution in [0.15, 0.2) is 42.7 Å². The molecular formula is C16H12F3N3. The highest BCUT2D eigenvalue weighted by Gasteiger charge is 2.07. The minimum atomic E-state index is -0.481. The summed E-state index contributed by atoms with van der Waals surface area (Å²) in [5.41, 5.74) is 0.882. The topological polar surface area (TPSA) is 37.8 Å². The summed E-state index contributed by atoms with van der Waals surface area (Å²) in [5.74, 6) is -0.865. The Labute approximate surface area is 124 Å². The van der Waals surface area contributed by atoms with E-state index >= 15 is 0 Å². The zero-order valence-corrected chi connectivity index (χ0v) is 11.5. The van der Waals surface area contributed by atoms with Crippen molar-refractivity contribution in [3.05, 3.63) is 65.7 Å². The van der Waals surface area contributed by atoms with Gasteiger partial charge in [-0.2, -0.15) is 0 Å². The van der Waals surface area contributed by atoms with Gasteiger partial charge in [0.2, 0.25) is 0 Å². The van der Waals surface area contributed by atoms with Gasteiger partial charge in [0.25, 0.3) is 0 Å². The van der Waals surface area contributed by atoms with Gasteiger partial charge in [0.05, 0.1) is 5.52 Å². The molecule has 3 rings (SSSR count). The molecule has 1 aromatic heterocycles. The molecule has 0 aliphatic carbocycles. The van der Waals surface area contributed by atoms with Gasteiger partial charge in [0.15, 0.2) is 0 Å². The van der Waals surface area contributed by atoms with Crippen LogP contribution in [0.4, 0.5) is 19.0 Å². The van der Waals surface area contributed by atoms with Crippen LogP contribution >= 0.6 is 0 Å². The van der Waals surface area contributed by atoms with Crippen molar-refractivity contribution >= 4 is 16.7 Å². The van der Waals surface area contributed by atoms with Gasteiger partial charge in [-0.25, -0.2) is 23.1 Å². The predicted octanol–water partition coefficient (Wildman–Crippen LogP) is 3.70. The van der Waals surface area contributed by atoms with Crippen LogP contribution in [-0.4, -0.2) is 16.5 Å². The fourth-order valence-corrected chi connectivity index (χ4v) is 2.22. The quantitative estimate of drug-likeness (QED) is 0.798. The molecule has 112 valence electrons. The average molecular weight is 303 g/mol. The van der Waals surface area contributed by atoms with E-state index in [0.29, 0.717) is 23.3 Å². The van der Waals surface area contributed by atoms with E-state index in [-0.39, 0.29) is 17.8 Å². The zero-order valence-electron chi connectivity index (χ0n) is 11.5. The first kappa shape index (κ1) is 14.3. The lowest BCUT2D eigenvalue weighted by Crippen LogP contribution is -2.08. The van der Waals surface area contributed by atoms with E-state index < -0.39 is 11.6 Å². The summed E-state index contributed by atoms with van der Waals surface area (Å²) in [6.45, 7) is 0.336. The number of fused-ring (bicyclic) bond motifs is 1. The van der Waals surface area contributed by atoms with Crippen LogP contribution < -0.4 is 5.32 Å². The summed E-state index contributed by atoms with van der Waals surface area (Å²) in [6.07, 6.45) is 1.65. The Kier molecular flexibility index (Phi) is 3.91. The molecule has 3 aromatic rings. The van der Waals surface area contributed by atoms with Crippen molar-refractivity contribution in [1.82, 2.24) is 9.97 Å². The maximum atomic E-state index is 13.5. The van der Waals surface area contributed by atoms with Crippen molar-refractivity contribution in [3.63, 3.8) is 0 Å². The molecular weight excluding hydrogens is 291 g/mol. The highest BCUT2D eigenvalue weighted by Crippen LogP contribution is 2.20. The molecule has 0 bridgehead atoms. The van der Waals surface area contributed by atoms with E-state index in [9.17, 15) is 13.2 Å². The van der Waals surface area contributed by atoms with Crippen molar-refractivity contribution < 1.29 is 13.2 Å². The third kappa shape index (κ3) is 3.00. The molecule has 0 saturated carbocycles. The molecule has 0 fully saturated rings. The van der Waals surface area contributed by atoms with Gasteiger partial charge in [-0.15, -0.1) is 0 Å². The van der Waals surface area contributed by atoms with Gasteiger partial charge < -0.3 is 5.32 Å². The van der Waals surface area contributed by atoms with E-state index in [4.69, 9.17) is 0 Å². The van der Waals surface area contributed by atoms with E-state index in [1.165, 1.54) is 18.5 Å². The van der Waals surface area contributed by atoms with Gasteiger partial charge >= 0.3 is 0 Å². The fraction of sp³-hybridized carbons (Fsp3) is 0.125. The van der Waals surface area contributed by atoms with Crippen LogP contribution in [0.2, 0.25) is 0 Å². The van der Waals surface area contributed by atoms with E-state index in [1.807, 2.05) is 0 Å². The van der Waals surface area contributed by atoms with Gasteiger partial charge in [0, 0.05) is 11.9 Å². The van der Waals surface area contributed by atoms with Crippen LogP contribution in [0, 0.1) is 17.5 Å². The van der Waals surface area contributed by atoms with Crippen molar-refractivity contribution in [2.75, 3.05) is 11.9 Å². The minimum absolute atomic E-state index is 0.275. The second-order valence-corrected chi connectivity index (χ2v) is 4.80. The van der Waals surface area contributed by atoms with E-state index in [1.54, 1.807) is 6.07 Å². The molecule has 0 saturated heterocycles. The summed E-state index contributed by atoms with van der Waals surface area (Å²) in [6, 6.07) is 7.55. The zero-order chi connectivity index (χ0) is 15.5. The molecule has 0 aliphatic heterocycles. The third-order valence-electron chi connectivity index (χ3n) is 3.29. The summed E-state index contributed by atoms with van der Waals surface area (Å²) < 4.78 is 40.0. The molecule has 3 nitrogen and oxygen atoms in total. The second kappa shape index (κ2) is 6.01. The first-order valence-electron chi connectivity index (χ1n) is 6.71. The van der Waals surface area contributed by atoms with Gasteiger partial charge in [-0.1, -0.05) is 0 Å². The molecule has 0 atom stereocenters. The van der Waals surface area contributed by atoms with Gasteiger partial charge in [0.1, 0.15) is 29.6 Å². The summed E-state index contributed by atoms with van der Waals surface area (Å²) in [4.78, 5) is 8.11. The Balaban J connectivity index is 1.77. The maximum absolute atomic E-state index is 13.5. The molecule has 0 spiro atoms. The lowest BCUT2D eigenvalue weighted by Gasteiger charge is -2.09. The molecule has 22 heavy (non-hydrogen) atoms. The first-order valence-corrected chi connectivity index (χ1v) is 6.71. The van der Waals surface area contributed by atoms with Crippen molar-refractivity contribution in [1.29, 1.82) is 0 Å². The predicted molar refractivity (Wildman–Crippen MR) is 78.0 cm³/mol. The van der Waals surface area contributed by atoms with Crippen LogP contribution in [0.1, 0.15) is 5.56 Å². The molecule has 6 heteroatoms. The van der Waals surface area contributed by atoms with Crippen molar-refractivity contribution in [2.45, 2.75) is 6.42 Å². The summed E-state index contributed by atoms with van der Waals surface area (Å²) in [7, 11) is 0. The molecule has 2 aromatic carbocycles. The average Bonchev–Trinajstić information content (AvgIpc) is 2.51. The third-order valence-corrected chi connectivity index (χ3v) is 3.29. The summed E-state index contributed by atoms with van der Waals surface area (Å²) in [5, 5.41) is 3.55. The molecule has 1 N–H and O–H groups in total. The lowest BCUT2D eigenvalue weighted by molar-refractivity contribution is 0.586. The standard InChI is InChI=1S/C16H12F3N3/c17-11-1-3-14(19)10(7-11)5-6-20-16-13-8-12(18)2-4-15(13)21-9-22-16/h1-4,7-9H,5-6H2,(H,20,21,22). The lowest BCUT2D eigenvalue weighted by atomic mass is 10.1. The van der Waals surface area contributed by atoms with Crippen LogP contribution in [-0.2, 0) is 6.42 Å². The maximum Gasteiger partial charge on any atom is 0.137 e. The molecule has 0 unspecified atom stereocenters. The Morgan fingerprint density at radius 3 is 2.55 bits per heavy atom. The number of halogens is 3. The number of benzene rings is 2. The second-order valence-electron chi connectivity index (χ2n) is 4.80. The molecule has 0 amide bonds. The van der Waals surface area contributed by atoms with Crippen molar-refractivity contribution in [2.24, 2.45) is 0 Å². The fourth-order valence-electron chi connectivity index (χ4n) is 2.22. The number of rotatable bonds is 4. The molecule has 0 radical (unpaired) electrons. The SMILES string of the molecule is Fc1ccc(F)c(CCNc2ncnc3ccc(F)cc23)c1. The Hall–Kier alpha value is -2.63. The number of hydrogen-bond acceptors (Lipinski definition) is 3. The Morgan fingerprint density at radius 1 is 0.909 bits per heavy atom. The van der Waals surface area contributed by atoms with E-state index in [2.05, 4.69) is 15.3 Å². The number of hydrogen-bond donors (Lipinski definition) is 1. The summed E-state index contributed by atoms with van der Waals surface area (Å²) >= 11 is 0. The largest absolute Gasteiger partial charge is 0.369 e. The van der Waals surface area contributed by atoms with Gasteiger partial charge in [-0.05, 0) is 48.4 Å².